The summed E-state index contributed by atoms with van der Waals surface area (Å²) in [6.45, 7) is 5.03. The van der Waals surface area contributed by atoms with Gasteiger partial charge in [0.2, 0.25) is 0 Å². The Bertz CT molecular complexity index is 1260. The fraction of sp³-hybridized carbons (Fsp3) is 0.417. The number of ether oxygens (including phenoxy) is 1. The Morgan fingerprint density at radius 1 is 1.28 bits per heavy atom. The van der Waals surface area contributed by atoms with E-state index >= 15 is 0 Å². The van der Waals surface area contributed by atoms with Crippen LogP contribution >= 0.6 is 11.3 Å². The van der Waals surface area contributed by atoms with Gasteiger partial charge in [0.05, 0.1) is 17.5 Å². The Balaban J connectivity index is 1.46. The molecule has 1 saturated heterocycles. The summed E-state index contributed by atoms with van der Waals surface area (Å²) in [5.41, 5.74) is 10.5. The van der Waals surface area contributed by atoms with E-state index < -0.39 is 0 Å². The van der Waals surface area contributed by atoms with E-state index in [1.807, 2.05) is 4.52 Å². The highest BCUT2D eigenvalue weighted by Gasteiger charge is 2.21. The molecule has 4 aromatic rings. The van der Waals surface area contributed by atoms with E-state index in [1.165, 1.54) is 43.1 Å². The average molecular weight is 451 g/mol. The third-order valence-electron chi connectivity index (χ3n) is 6.50. The molecule has 1 atom stereocenters. The van der Waals surface area contributed by atoms with Crippen LogP contribution in [0.4, 0.5) is 5.82 Å². The second-order valence-electron chi connectivity index (χ2n) is 8.69. The van der Waals surface area contributed by atoms with Gasteiger partial charge in [-0.25, -0.2) is 9.50 Å². The Morgan fingerprint density at radius 3 is 2.94 bits per heavy atom. The minimum atomic E-state index is 0.495. The Morgan fingerprint density at radius 2 is 2.16 bits per heavy atom. The van der Waals surface area contributed by atoms with E-state index in [9.17, 15) is 0 Å². The van der Waals surface area contributed by atoms with Crippen molar-refractivity contribution >= 4 is 32.8 Å². The van der Waals surface area contributed by atoms with Gasteiger partial charge in [-0.3, -0.25) is 0 Å². The lowest BCUT2D eigenvalue weighted by molar-refractivity contribution is 0.293. The summed E-state index contributed by atoms with van der Waals surface area (Å²) in [6.07, 6.45) is 5.30. The molecular weight excluding hydrogens is 420 g/mol. The zero-order chi connectivity index (χ0) is 22.2. The first-order valence-corrected chi connectivity index (χ1v) is 12.0. The molecule has 0 saturated carbocycles. The fourth-order valence-corrected chi connectivity index (χ4v) is 5.97. The van der Waals surface area contributed by atoms with Crippen LogP contribution in [0.2, 0.25) is 0 Å². The number of thiophene rings is 1. The van der Waals surface area contributed by atoms with Gasteiger partial charge in [0.1, 0.15) is 17.6 Å². The first-order valence-electron chi connectivity index (χ1n) is 11.2. The minimum Gasteiger partial charge on any atom is -0.495 e. The molecule has 1 unspecified atom stereocenters. The van der Waals surface area contributed by atoms with Gasteiger partial charge in [-0.1, -0.05) is 6.07 Å². The topological polar surface area (TPSA) is 80.7 Å². The quantitative estimate of drug-likeness (QED) is 0.413. The third-order valence-corrected chi connectivity index (χ3v) is 7.70. The summed E-state index contributed by atoms with van der Waals surface area (Å²) in [7, 11) is 3.95. The molecule has 8 heteroatoms. The maximum Gasteiger partial charge on any atom is 0.152 e. The number of aromatic nitrogens is 3. The molecule has 3 N–H and O–H groups in total. The maximum atomic E-state index is 6.32. The van der Waals surface area contributed by atoms with Gasteiger partial charge < -0.3 is 20.7 Å². The monoisotopic (exact) mass is 450 g/mol. The Labute approximate surface area is 192 Å². The highest BCUT2D eigenvalue weighted by atomic mass is 32.1. The molecule has 168 valence electrons. The Hall–Kier alpha value is -2.68. The number of anilines is 1. The van der Waals surface area contributed by atoms with Crippen molar-refractivity contribution in [3.05, 3.63) is 41.9 Å². The zero-order valence-electron chi connectivity index (χ0n) is 18.9. The number of methoxy groups -OCH3 is 1. The summed E-state index contributed by atoms with van der Waals surface area (Å²) < 4.78 is 8.70. The van der Waals surface area contributed by atoms with Gasteiger partial charge in [0, 0.05) is 23.0 Å². The first kappa shape index (κ1) is 21.2. The van der Waals surface area contributed by atoms with Crippen molar-refractivity contribution in [2.75, 3.05) is 33.0 Å². The number of likely N-dealkylation sites (tertiary alicyclic amines) is 1. The van der Waals surface area contributed by atoms with Crippen LogP contribution in [0.1, 0.15) is 30.5 Å². The van der Waals surface area contributed by atoms with Crippen molar-refractivity contribution < 1.29 is 4.74 Å². The molecule has 0 aliphatic carbocycles. The lowest BCUT2D eigenvalue weighted by atomic mass is 10.1. The van der Waals surface area contributed by atoms with Gasteiger partial charge in [-0.05, 0) is 75.5 Å². The highest BCUT2D eigenvalue weighted by Crippen LogP contribution is 2.42. The summed E-state index contributed by atoms with van der Waals surface area (Å²) in [5.74, 6) is 1.40. The maximum absolute atomic E-state index is 6.32. The average Bonchev–Trinajstić information content (AvgIpc) is 3.48. The number of nitrogens with zero attached hydrogens (tertiary/aromatic N) is 4. The van der Waals surface area contributed by atoms with Crippen LogP contribution in [0.25, 0.3) is 26.0 Å². The molecule has 5 rings (SSSR count). The molecule has 32 heavy (non-hydrogen) atoms. The normalized spacial score (nSPS) is 17.0. The number of benzene rings is 1. The predicted molar refractivity (Wildman–Crippen MR) is 131 cm³/mol. The number of fused-ring (bicyclic) bond motifs is 2. The van der Waals surface area contributed by atoms with E-state index in [-0.39, 0.29) is 0 Å². The van der Waals surface area contributed by atoms with Crippen molar-refractivity contribution in [3.8, 4) is 16.2 Å². The molecule has 1 aliphatic heterocycles. The lowest BCUT2D eigenvalue weighted by Crippen LogP contribution is -2.29. The largest absolute Gasteiger partial charge is 0.495 e. The summed E-state index contributed by atoms with van der Waals surface area (Å²) >= 11 is 1.72. The number of hydrogen-bond donors (Lipinski definition) is 2. The van der Waals surface area contributed by atoms with E-state index in [4.69, 9.17) is 10.5 Å². The van der Waals surface area contributed by atoms with E-state index in [2.05, 4.69) is 58.5 Å². The number of hydrogen-bond acceptors (Lipinski definition) is 7. The third kappa shape index (κ3) is 3.83. The van der Waals surface area contributed by atoms with Crippen molar-refractivity contribution in [1.82, 2.24) is 24.8 Å². The van der Waals surface area contributed by atoms with Crippen LogP contribution in [0.5, 0.6) is 5.75 Å². The number of aryl methyl sites for hydroxylation is 1. The number of nitrogens with two attached hydrogens (primary N) is 1. The molecule has 0 amide bonds. The molecule has 0 bridgehead atoms. The van der Waals surface area contributed by atoms with Crippen LogP contribution in [0.3, 0.4) is 0 Å². The van der Waals surface area contributed by atoms with Gasteiger partial charge in [-0.15, -0.1) is 11.3 Å². The molecular formula is C24H30N6OS. The molecule has 0 radical (unpaired) electrons. The minimum absolute atomic E-state index is 0.495. The van der Waals surface area contributed by atoms with E-state index in [0.717, 1.165) is 45.2 Å². The van der Waals surface area contributed by atoms with Crippen LogP contribution in [0, 0.1) is 6.92 Å². The van der Waals surface area contributed by atoms with Gasteiger partial charge in [0.15, 0.2) is 5.82 Å². The highest BCUT2D eigenvalue weighted by molar-refractivity contribution is 7.22. The lowest BCUT2D eigenvalue weighted by Gasteiger charge is -2.19. The first-order chi connectivity index (χ1) is 15.5. The number of nitrogens with one attached hydrogen (secondary N) is 1. The van der Waals surface area contributed by atoms with Gasteiger partial charge in [0.25, 0.3) is 0 Å². The van der Waals surface area contributed by atoms with Crippen LogP contribution in [0.15, 0.2) is 30.6 Å². The predicted octanol–water partition coefficient (Wildman–Crippen LogP) is 4.08. The van der Waals surface area contributed by atoms with Crippen molar-refractivity contribution in [2.24, 2.45) is 0 Å². The molecule has 1 aromatic carbocycles. The molecule has 0 spiro atoms. The van der Waals surface area contributed by atoms with Gasteiger partial charge >= 0.3 is 0 Å². The molecule has 1 aliphatic rings. The zero-order valence-corrected chi connectivity index (χ0v) is 19.7. The summed E-state index contributed by atoms with van der Waals surface area (Å²) in [6, 6.07) is 9.37. The molecule has 1 fully saturated rings. The van der Waals surface area contributed by atoms with E-state index in [1.54, 1.807) is 18.4 Å². The fourth-order valence-electron chi connectivity index (χ4n) is 4.82. The standard InChI is InChI=1S/C24H30N6OS/c1-15-9-16-11-21(32-23(16)20(10-15)31-3)19-12-18(30-22(19)24(25)27-14-28-30)13-26-7-6-17-5-4-8-29(17)2/h9-12,14,17,26H,4-8,13H2,1-3H3,(H2,25,27,28). The van der Waals surface area contributed by atoms with Crippen LogP contribution < -0.4 is 15.8 Å². The van der Waals surface area contributed by atoms with Crippen molar-refractivity contribution in [2.45, 2.75) is 38.8 Å². The summed E-state index contributed by atoms with van der Waals surface area (Å²) in [5, 5.41) is 9.31. The molecule has 4 heterocycles. The number of nitrogen functional groups attached to an aromatic ring is 1. The smallest absolute Gasteiger partial charge is 0.152 e. The van der Waals surface area contributed by atoms with E-state index in [0.29, 0.717) is 11.9 Å². The van der Waals surface area contributed by atoms with Crippen molar-refractivity contribution in [3.63, 3.8) is 0 Å². The summed E-state index contributed by atoms with van der Waals surface area (Å²) in [4.78, 5) is 7.88. The van der Waals surface area contributed by atoms with Crippen LogP contribution in [-0.2, 0) is 6.54 Å². The molecule has 7 nitrogen and oxygen atoms in total. The SMILES string of the molecule is COc1cc(C)cc2cc(-c3cc(CNCCC4CCCN4C)n4ncnc(N)c34)sc12. The second-order valence-corrected chi connectivity index (χ2v) is 9.75. The second kappa shape index (κ2) is 8.69. The molecule has 3 aromatic heterocycles. The Kier molecular flexibility index (Phi) is 5.75. The van der Waals surface area contributed by atoms with Gasteiger partial charge in [-0.2, -0.15) is 5.10 Å². The number of rotatable bonds is 7. The van der Waals surface area contributed by atoms with Crippen LogP contribution in [-0.4, -0.2) is 52.8 Å². The van der Waals surface area contributed by atoms with Crippen molar-refractivity contribution in [1.29, 1.82) is 0 Å².